The molecule has 0 unspecified atom stereocenters. The van der Waals surface area contributed by atoms with Crippen LogP contribution in [0, 0.1) is 0 Å². The van der Waals surface area contributed by atoms with Crippen LogP contribution >= 0.6 is 0 Å². The number of nitrogens with zero attached hydrogens (tertiary/aromatic N) is 1. The van der Waals surface area contributed by atoms with Crippen molar-refractivity contribution in [3.8, 4) is 0 Å². The van der Waals surface area contributed by atoms with Gasteiger partial charge in [-0.15, -0.1) is 0 Å². The number of rotatable bonds is 1. The molecule has 7 heteroatoms. The Morgan fingerprint density at radius 2 is 2.14 bits per heavy atom. The van der Waals surface area contributed by atoms with E-state index in [1.54, 1.807) is 0 Å². The van der Waals surface area contributed by atoms with E-state index in [2.05, 4.69) is 4.98 Å². The second-order valence-corrected chi connectivity index (χ2v) is 4.02. The fourth-order valence-electron chi connectivity index (χ4n) is 1.15. The van der Waals surface area contributed by atoms with Gasteiger partial charge in [0.05, 0.1) is 0 Å². The molecule has 2 rings (SSSR count). The molecule has 0 aliphatic rings. The van der Waals surface area contributed by atoms with E-state index in [-0.39, 0.29) is 22.0 Å². The number of oxazole rings is 1. The van der Waals surface area contributed by atoms with E-state index in [0.29, 0.717) is 0 Å². The minimum Gasteiger partial charge on any atom is -0.424 e. The second-order valence-electron chi connectivity index (χ2n) is 2.63. The van der Waals surface area contributed by atoms with Crippen molar-refractivity contribution in [3.63, 3.8) is 0 Å². The summed E-state index contributed by atoms with van der Waals surface area (Å²) in [7, 11) is -4.29. The van der Waals surface area contributed by atoms with Crippen LogP contribution in [0.15, 0.2) is 27.5 Å². The largest absolute Gasteiger partial charge is 0.424 e. The molecule has 0 spiro atoms. The molecule has 0 saturated carbocycles. The Bertz CT molecular complexity index is 587. The molecule has 0 saturated heterocycles. The van der Waals surface area contributed by atoms with Crippen molar-refractivity contribution in [3.05, 3.63) is 18.2 Å². The average Bonchev–Trinajstić information content (AvgIpc) is 2.41. The lowest BCUT2D eigenvalue weighted by Crippen LogP contribution is -1.98. The summed E-state index contributed by atoms with van der Waals surface area (Å²) in [5.41, 5.74) is 5.50. The standard InChI is InChI=1S/C7H6N2O4S/c8-7-9-6-4(13-7)2-1-3-5(6)14(10,11)12/h1-3H,(H2,8,9)(H,10,11,12). The molecule has 6 nitrogen and oxygen atoms in total. The van der Waals surface area contributed by atoms with Gasteiger partial charge in [0.1, 0.15) is 10.4 Å². The van der Waals surface area contributed by atoms with E-state index in [1.165, 1.54) is 18.2 Å². The van der Waals surface area contributed by atoms with E-state index in [9.17, 15) is 8.42 Å². The Labute approximate surface area is 79.1 Å². The number of fused-ring (bicyclic) bond motifs is 1. The van der Waals surface area contributed by atoms with E-state index >= 15 is 0 Å². The summed E-state index contributed by atoms with van der Waals surface area (Å²) in [5.74, 6) is 0. The zero-order valence-electron chi connectivity index (χ0n) is 6.84. The van der Waals surface area contributed by atoms with Crippen LogP contribution in [0.5, 0.6) is 0 Å². The predicted molar refractivity (Wildman–Crippen MR) is 48.2 cm³/mol. The van der Waals surface area contributed by atoms with E-state index in [0.717, 1.165) is 0 Å². The number of hydrogen-bond acceptors (Lipinski definition) is 5. The van der Waals surface area contributed by atoms with Crippen molar-refractivity contribution >= 4 is 27.2 Å². The average molecular weight is 214 g/mol. The van der Waals surface area contributed by atoms with Gasteiger partial charge in [-0.05, 0) is 12.1 Å². The van der Waals surface area contributed by atoms with Gasteiger partial charge in [-0.1, -0.05) is 6.07 Å². The zero-order valence-corrected chi connectivity index (χ0v) is 7.65. The van der Waals surface area contributed by atoms with Crippen LogP contribution in [0.2, 0.25) is 0 Å². The molecule has 3 N–H and O–H groups in total. The molecule has 0 amide bonds. The van der Waals surface area contributed by atoms with Crippen molar-refractivity contribution < 1.29 is 17.4 Å². The predicted octanol–water partition coefficient (Wildman–Crippen LogP) is 0.657. The van der Waals surface area contributed by atoms with Crippen LogP contribution in [0.4, 0.5) is 6.01 Å². The molecule has 0 bridgehead atoms. The Kier molecular flexibility index (Phi) is 1.73. The number of nitrogen functional groups attached to an aromatic ring is 1. The van der Waals surface area contributed by atoms with Gasteiger partial charge in [-0.25, -0.2) is 0 Å². The maximum atomic E-state index is 10.9. The number of benzene rings is 1. The van der Waals surface area contributed by atoms with Crippen molar-refractivity contribution in [2.75, 3.05) is 5.73 Å². The van der Waals surface area contributed by atoms with Crippen LogP contribution in [-0.2, 0) is 10.1 Å². The topological polar surface area (TPSA) is 106 Å². The molecule has 0 radical (unpaired) electrons. The Morgan fingerprint density at radius 1 is 1.43 bits per heavy atom. The third-order valence-corrected chi connectivity index (χ3v) is 2.56. The molecular formula is C7H6N2O4S. The highest BCUT2D eigenvalue weighted by Gasteiger charge is 2.17. The number of hydrogen-bond donors (Lipinski definition) is 2. The molecule has 2 aromatic rings. The summed E-state index contributed by atoms with van der Waals surface area (Å²) in [4.78, 5) is 3.34. The molecule has 0 fully saturated rings. The lowest BCUT2D eigenvalue weighted by atomic mass is 10.3. The van der Waals surface area contributed by atoms with E-state index in [1.807, 2.05) is 0 Å². The molecule has 1 aromatic carbocycles. The van der Waals surface area contributed by atoms with Gasteiger partial charge in [0.25, 0.3) is 16.1 Å². The summed E-state index contributed by atoms with van der Waals surface area (Å²) in [5, 5.41) is 0. The monoisotopic (exact) mass is 214 g/mol. The fourth-order valence-corrected chi connectivity index (χ4v) is 1.79. The lowest BCUT2D eigenvalue weighted by molar-refractivity contribution is 0.484. The molecule has 74 valence electrons. The smallest absolute Gasteiger partial charge is 0.296 e. The van der Waals surface area contributed by atoms with Gasteiger partial charge in [0.2, 0.25) is 0 Å². The first-order valence-electron chi connectivity index (χ1n) is 3.61. The van der Waals surface area contributed by atoms with Crippen molar-refractivity contribution in [1.29, 1.82) is 0 Å². The van der Waals surface area contributed by atoms with Crippen LogP contribution in [0.3, 0.4) is 0 Å². The van der Waals surface area contributed by atoms with Crippen LogP contribution < -0.4 is 5.73 Å². The van der Waals surface area contributed by atoms with Gasteiger partial charge in [-0.2, -0.15) is 13.4 Å². The van der Waals surface area contributed by atoms with Gasteiger partial charge in [0, 0.05) is 0 Å². The maximum absolute atomic E-state index is 10.9. The third kappa shape index (κ3) is 1.32. The first kappa shape index (κ1) is 8.97. The number of para-hydroxylation sites is 1. The molecule has 0 aliphatic heterocycles. The second kappa shape index (κ2) is 2.69. The number of anilines is 1. The Hall–Kier alpha value is -1.60. The third-order valence-electron chi connectivity index (χ3n) is 1.68. The minimum atomic E-state index is -4.29. The fraction of sp³-hybridized carbons (Fsp3) is 0. The normalized spacial score (nSPS) is 12.1. The summed E-state index contributed by atoms with van der Waals surface area (Å²) in [6.07, 6.45) is 0. The number of aromatic nitrogens is 1. The van der Waals surface area contributed by atoms with Crippen LogP contribution in [0.1, 0.15) is 0 Å². The molecule has 0 atom stereocenters. The van der Waals surface area contributed by atoms with E-state index < -0.39 is 10.1 Å². The van der Waals surface area contributed by atoms with Crippen molar-refractivity contribution in [2.45, 2.75) is 4.90 Å². The minimum absolute atomic E-state index is 0.0347. The first-order valence-corrected chi connectivity index (χ1v) is 5.05. The molecule has 1 aromatic heterocycles. The first-order chi connectivity index (χ1) is 6.48. The number of nitrogens with two attached hydrogens (primary N) is 1. The quantitative estimate of drug-likeness (QED) is 0.675. The summed E-state index contributed by atoms with van der Waals surface area (Å²) in [6, 6.07) is 4.01. The summed E-state index contributed by atoms with van der Waals surface area (Å²) in [6.45, 7) is 0. The highest BCUT2D eigenvalue weighted by molar-refractivity contribution is 7.86. The van der Waals surface area contributed by atoms with Crippen molar-refractivity contribution in [2.24, 2.45) is 0 Å². The SMILES string of the molecule is Nc1nc2c(S(=O)(=O)O)cccc2o1. The molecule has 14 heavy (non-hydrogen) atoms. The summed E-state index contributed by atoms with van der Waals surface area (Å²) >= 11 is 0. The Morgan fingerprint density at radius 3 is 2.79 bits per heavy atom. The van der Waals surface area contributed by atoms with Crippen molar-refractivity contribution in [1.82, 2.24) is 4.98 Å². The van der Waals surface area contributed by atoms with Crippen LogP contribution in [-0.4, -0.2) is 18.0 Å². The maximum Gasteiger partial charge on any atom is 0.296 e. The van der Waals surface area contributed by atoms with E-state index in [4.69, 9.17) is 14.7 Å². The van der Waals surface area contributed by atoms with Gasteiger partial charge in [0.15, 0.2) is 5.58 Å². The highest BCUT2D eigenvalue weighted by Crippen LogP contribution is 2.23. The zero-order chi connectivity index (χ0) is 10.3. The molecule has 0 aliphatic carbocycles. The molecular weight excluding hydrogens is 208 g/mol. The highest BCUT2D eigenvalue weighted by atomic mass is 32.2. The van der Waals surface area contributed by atoms with Gasteiger partial charge in [-0.3, -0.25) is 4.55 Å². The van der Waals surface area contributed by atoms with Crippen LogP contribution in [0.25, 0.3) is 11.1 Å². The van der Waals surface area contributed by atoms with Gasteiger partial charge >= 0.3 is 0 Å². The molecule has 1 heterocycles. The Balaban J connectivity index is 2.90. The van der Waals surface area contributed by atoms with Gasteiger partial charge < -0.3 is 10.2 Å². The lowest BCUT2D eigenvalue weighted by Gasteiger charge is -1.95. The summed E-state index contributed by atoms with van der Waals surface area (Å²) < 4.78 is 35.5.